The Morgan fingerprint density at radius 2 is 2.35 bits per heavy atom. The van der Waals surface area contributed by atoms with Crippen LogP contribution in [0.4, 0.5) is 8.78 Å². The van der Waals surface area contributed by atoms with Gasteiger partial charge in [0.15, 0.2) is 11.4 Å². The number of nitriles is 1. The van der Waals surface area contributed by atoms with Crippen molar-refractivity contribution in [1.82, 2.24) is 4.98 Å². The molecule has 0 amide bonds. The summed E-state index contributed by atoms with van der Waals surface area (Å²) in [6, 6.07) is 2.54. The molecule has 0 aliphatic carbocycles. The van der Waals surface area contributed by atoms with E-state index in [4.69, 9.17) is 5.26 Å². The van der Waals surface area contributed by atoms with Crippen molar-refractivity contribution in [2.24, 2.45) is 0 Å². The number of hydrogen-bond acceptors (Lipinski definition) is 4. The van der Waals surface area contributed by atoms with E-state index < -0.39 is 18.0 Å². The molecular formula is C10H7BrF2N2O2. The Labute approximate surface area is 104 Å². The molecule has 0 aliphatic heterocycles. The summed E-state index contributed by atoms with van der Waals surface area (Å²) in [4.78, 5) is 15.0. The van der Waals surface area contributed by atoms with Crippen molar-refractivity contribution in [1.29, 1.82) is 5.26 Å². The van der Waals surface area contributed by atoms with Crippen molar-refractivity contribution < 1.29 is 18.3 Å². The molecule has 0 spiro atoms. The van der Waals surface area contributed by atoms with Gasteiger partial charge in [-0.2, -0.15) is 5.26 Å². The van der Waals surface area contributed by atoms with Gasteiger partial charge in [-0.05, 0) is 28.9 Å². The predicted octanol–water partition coefficient (Wildman–Crippen LogP) is 2.83. The molecule has 1 aromatic heterocycles. The number of carbonyl (C=O) groups is 1. The first-order valence-corrected chi connectivity index (χ1v) is 5.36. The molecule has 0 radical (unpaired) electrons. The Balaban J connectivity index is 3.31. The van der Waals surface area contributed by atoms with Gasteiger partial charge < -0.3 is 4.74 Å². The first-order valence-electron chi connectivity index (χ1n) is 4.57. The van der Waals surface area contributed by atoms with Crippen molar-refractivity contribution in [3.63, 3.8) is 0 Å². The van der Waals surface area contributed by atoms with Gasteiger partial charge in [-0.1, -0.05) is 0 Å². The fourth-order valence-electron chi connectivity index (χ4n) is 1.09. The highest BCUT2D eigenvalue weighted by Gasteiger charge is 2.20. The number of ether oxygens (including phenoxy) is 1. The third-order valence-electron chi connectivity index (χ3n) is 1.81. The van der Waals surface area contributed by atoms with E-state index in [0.717, 1.165) is 6.07 Å². The maximum absolute atomic E-state index is 12.7. The predicted molar refractivity (Wildman–Crippen MR) is 57.6 cm³/mol. The minimum Gasteiger partial charge on any atom is -0.461 e. The van der Waals surface area contributed by atoms with Gasteiger partial charge in [-0.25, -0.2) is 18.6 Å². The zero-order valence-electron chi connectivity index (χ0n) is 8.71. The number of alkyl halides is 2. The van der Waals surface area contributed by atoms with Gasteiger partial charge in [-0.15, -0.1) is 0 Å². The zero-order chi connectivity index (χ0) is 13.0. The molecule has 0 saturated heterocycles. The third kappa shape index (κ3) is 2.97. The molecular weight excluding hydrogens is 298 g/mol. The Kier molecular flexibility index (Phi) is 4.52. The molecule has 0 N–H and O–H groups in total. The molecule has 0 unspecified atom stereocenters. The van der Waals surface area contributed by atoms with Crippen LogP contribution < -0.4 is 0 Å². The van der Waals surface area contributed by atoms with Gasteiger partial charge in [0.05, 0.1) is 11.1 Å². The molecule has 0 fully saturated rings. The van der Waals surface area contributed by atoms with Crippen molar-refractivity contribution in [2.45, 2.75) is 13.3 Å². The van der Waals surface area contributed by atoms with Crippen LogP contribution in [-0.2, 0) is 4.74 Å². The molecule has 17 heavy (non-hydrogen) atoms. The Morgan fingerprint density at radius 3 is 2.82 bits per heavy atom. The van der Waals surface area contributed by atoms with Crippen LogP contribution in [0.2, 0.25) is 0 Å². The van der Waals surface area contributed by atoms with Crippen molar-refractivity contribution in [2.75, 3.05) is 6.61 Å². The molecule has 0 aromatic carbocycles. The average Bonchev–Trinajstić information content (AvgIpc) is 2.29. The minimum absolute atomic E-state index is 0.0997. The number of aromatic nitrogens is 1. The van der Waals surface area contributed by atoms with Crippen LogP contribution >= 0.6 is 15.9 Å². The highest BCUT2D eigenvalue weighted by molar-refractivity contribution is 9.10. The van der Waals surface area contributed by atoms with E-state index in [9.17, 15) is 13.6 Å². The maximum Gasteiger partial charge on any atom is 0.356 e. The number of carbonyl (C=O) groups excluding carboxylic acids is 1. The van der Waals surface area contributed by atoms with E-state index in [1.54, 1.807) is 13.0 Å². The summed E-state index contributed by atoms with van der Waals surface area (Å²) in [6.07, 6.45) is -2.81. The van der Waals surface area contributed by atoms with Gasteiger partial charge in [0, 0.05) is 5.56 Å². The lowest BCUT2D eigenvalue weighted by Gasteiger charge is -2.07. The van der Waals surface area contributed by atoms with Gasteiger partial charge in [0.25, 0.3) is 6.43 Å². The Hall–Kier alpha value is -1.55. The van der Waals surface area contributed by atoms with Gasteiger partial charge >= 0.3 is 5.97 Å². The molecule has 90 valence electrons. The lowest BCUT2D eigenvalue weighted by molar-refractivity contribution is 0.0518. The summed E-state index contributed by atoms with van der Waals surface area (Å²) in [5, 5.41) is 8.72. The lowest BCUT2D eigenvalue weighted by atomic mass is 10.2. The standard InChI is InChI=1S/C10H7BrF2N2O2/c1-2-17-10(16)6-3-5(9(12)13)8(11)7(4-14)15-6/h3,9H,2H2,1H3. The van der Waals surface area contributed by atoms with Crippen LogP contribution in [0.3, 0.4) is 0 Å². The first-order chi connectivity index (χ1) is 8.01. The monoisotopic (exact) mass is 304 g/mol. The quantitative estimate of drug-likeness (QED) is 0.806. The fourth-order valence-corrected chi connectivity index (χ4v) is 1.56. The van der Waals surface area contributed by atoms with Crippen LogP contribution in [0.5, 0.6) is 0 Å². The average molecular weight is 305 g/mol. The zero-order valence-corrected chi connectivity index (χ0v) is 10.3. The van der Waals surface area contributed by atoms with E-state index in [2.05, 4.69) is 25.7 Å². The number of esters is 1. The van der Waals surface area contributed by atoms with Crippen LogP contribution in [-0.4, -0.2) is 17.6 Å². The van der Waals surface area contributed by atoms with E-state index >= 15 is 0 Å². The number of rotatable bonds is 3. The second-order valence-corrected chi connectivity index (χ2v) is 3.69. The fraction of sp³-hybridized carbons (Fsp3) is 0.300. The summed E-state index contributed by atoms with van der Waals surface area (Å²) >= 11 is 2.85. The van der Waals surface area contributed by atoms with Crippen LogP contribution in [0.25, 0.3) is 0 Å². The van der Waals surface area contributed by atoms with Crippen molar-refractivity contribution >= 4 is 21.9 Å². The second-order valence-electron chi connectivity index (χ2n) is 2.89. The third-order valence-corrected chi connectivity index (χ3v) is 2.64. The maximum atomic E-state index is 12.7. The highest BCUT2D eigenvalue weighted by atomic mass is 79.9. The van der Waals surface area contributed by atoms with Gasteiger partial charge in [0.1, 0.15) is 6.07 Å². The summed E-state index contributed by atoms with van der Waals surface area (Å²) in [7, 11) is 0. The van der Waals surface area contributed by atoms with E-state index in [1.165, 1.54) is 0 Å². The SMILES string of the molecule is CCOC(=O)c1cc(C(F)F)c(Br)c(C#N)n1. The molecule has 7 heteroatoms. The highest BCUT2D eigenvalue weighted by Crippen LogP contribution is 2.29. The molecule has 0 bridgehead atoms. The second kappa shape index (κ2) is 5.68. The van der Waals surface area contributed by atoms with Crippen molar-refractivity contribution in [3.05, 3.63) is 27.5 Å². The number of pyridine rings is 1. The Bertz CT molecular complexity index is 486. The van der Waals surface area contributed by atoms with E-state index in [1.807, 2.05) is 0 Å². The van der Waals surface area contributed by atoms with E-state index in [0.29, 0.717) is 0 Å². The smallest absolute Gasteiger partial charge is 0.356 e. The van der Waals surface area contributed by atoms with Crippen molar-refractivity contribution in [3.8, 4) is 6.07 Å². The number of nitrogens with zero attached hydrogens (tertiary/aromatic N) is 2. The largest absolute Gasteiger partial charge is 0.461 e. The minimum atomic E-state index is -2.81. The van der Waals surface area contributed by atoms with Crippen LogP contribution in [0.1, 0.15) is 35.1 Å². The van der Waals surface area contributed by atoms with Gasteiger partial charge in [0.2, 0.25) is 0 Å². The molecule has 4 nitrogen and oxygen atoms in total. The summed E-state index contributed by atoms with van der Waals surface area (Å²) in [5.41, 5.74) is -1.03. The molecule has 0 saturated carbocycles. The molecule has 1 heterocycles. The van der Waals surface area contributed by atoms with Gasteiger partial charge in [-0.3, -0.25) is 0 Å². The van der Waals surface area contributed by atoms with Crippen LogP contribution in [0, 0.1) is 11.3 Å². The normalized spacial score (nSPS) is 10.1. The molecule has 0 atom stereocenters. The molecule has 1 rings (SSSR count). The Morgan fingerprint density at radius 1 is 1.71 bits per heavy atom. The first kappa shape index (κ1) is 13.5. The lowest BCUT2D eigenvalue weighted by Crippen LogP contribution is -2.09. The topological polar surface area (TPSA) is 63.0 Å². The van der Waals surface area contributed by atoms with Crippen LogP contribution in [0.15, 0.2) is 10.5 Å². The molecule has 0 aliphatic rings. The number of halogens is 3. The molecule has 1 aromatic rings. The number of hydrogen-bond donors (Lipinski definition) is 0. The summed E-state index contributed by atoms with van der Waals surface area (Å²) in [5.74, 6) is -0.835. The van der Waals surface area contributed by atoms with E-state index in [-0.39, 0.29) is 22.5 Å². The summed E-state index contributed by atoms with van der Waals surface area (Å²) < 4.78 is 29.8. The summed E-state index contributed by atoms with van der Waals surface area (Å²) in [6.45, 7) is 1.68.